The Balaban J connectivity index is 3.24. The zero-order valence-electron chi connectivity index (χ0n) is 7.71. The van der Waals surface area contributed by atoms with Crippen molar-refractivity contribution >= 4 is 11.6 Å². The number of aliphatic hydroxyl groups excluding tert-OH is 1. The number of nitrogens with one attached hydrogen (secondary N) is 1. The van der Waals surface area contributed by atoms with Crippen molar-refractivity contribution in [3.63, 3.8) is 0 Å². The molecule has 0 aliphatic carbocycles. The third kappa shape index (κ3) is 2.44. The molecule has 0 aromatic heterocycles. The predicted octanol–water partition coefficient (Wildman–Crippen LogP) is 0.724. The number of rotatable bonds is 3. The van der Waals surface area contributed by atoms with Crippen molar-refractivity contribution in [1.29, 1.82) is 0 Å². The molecule has 7 heteroatoms. The number of amides is 1. The maximum Gasteiger partial charge on any atom is 0.265 e. The van der Waals surface area contributed by atoms with Crippen molar-refractivity contribution in [2.75, 3.05) is 0 Å². The fourth-order valence-corrected chi connectivity index (χ4v) is 1.11. The number of azide groups is 1. The molecule has 0 atom stereocenters. The van der Waals surface area contributed by atoms with Gasteiger partial charge in [-0.2, -0.15) is 0 Å². The Morgan fingerprint density at radius 3 is 2.93 bits per heavy atom. The summed E-state index contributed by atoms with van der Waals surface area (Å²) in [5.41, 5.74) is 11.0. The molecule has 0 radical (unpaired) electrons. The van der Waals surface area contributed by atoms with Crippen molar-refractivity contribution in [3.8, 4) is 0 Å². The lowest BCUT2D eigenvalue weighted by atomic mass is 10.1. The number of nitrogen functional groups attached to an aromatic ring is 1. The Morgan fingerprint density at radius 1 is 1.67 bits per heavy atom. The summed E-state index contributed by atoms with van der Waals surface area (Å²) in [5.74, 6) is 4.42. The summed E-state index contributed by atoms with van der Waals surface area (Å²) in [7, 11) is 0. The first-order valence-corrected chi connectivity index (χ1v) is 4.02. The van der Waals surface area contributed by atoms with E-state index in [0.717, 1.165) is 0 Å². The van der Waals surface area contributed by atoms with Gasteiger partial charge in [0.2, 0.25) is 0 Å². The summed E-state index contributed by atoms with van der Waals surface area (Å²) in [6, 6.07) is 4.35. The molecule has 0 aliphatic rings. The van der Waals surface area contributed by atoms with E-state index in [1.165, 1.54) is 18.2 Å². The number of carbonyl (C=O) groups excluding carboxylic acids is 1. The van der Waals surface area contributed by atoms with Crippen LogP contribution in [0, 0.1) is 0 Å². The molecule has 78 valence electrons. The summed E-state index contributed by atoms with van der Waals surface area (Å²) in [4.78, 5) is 13.9. The largest absolute Gasteiger partial charge is 0.392 e. The zero-order valence-corrected chi connectivity index (χ0v) is 7.71. The normalized spacial score (nSPS) is 9.20. The van der Waals surface area contributed by atoms with Crippen LogP contribution in [0.25, 0.3) is 10.4 Å². The number of nitrogens with two attached hydrogens (primary N) is 1. The summed E-state index contributed by atoms with van der Waals surface area (Å²) >= 11 is 0. The van der Waals surface area contributed by atoms with E-state index in [2.05, 4.69) is 10.0 Å². The number of hydrogen-bond acceptors (Lipinski definition) is 4. The number of benzene rings is 1. The molecule has 0 saturated heterocycles. The molecule has 0 fully saturated rings. The van der Waals surface area contributed by atoms with E-state index >= 15 is 0 Å². The number of aliphatic hydroxyl groups is 1. The first-order chi connectivity index (χ1) is 7.22. The summed E-state index contributed by atoms with van der Waals surface area (Å²) in [5, 5.41) is 12.3. The van der Waals surface area contributed by atoms with E-state index in [9.17, 15) is 4.79 Å². The molecule has 1 rings (SSSR count). The molecule has 7 nitrogen and oxygen atoms in total. The molecule has 0 spiro atoms. The van der Waals surface area contributed by atoms with Gasteiger partial charge in [-0.3, -0.25) is 10.2 Å². The number of hydrazine groups is 1. The van der Waals surface area contributed by atoms with E-state index in [4.69, 9.17) is 16.5 Å². The third-order valence-electron chi connectivity index (χ3n) is 1.80. The second-order valence-electron chi connectivity index (χ2n) is 2.66. The highest BCUT2D eigenvalue weighted by Crippen LogP contribution is 2.18. The lowest BCUT2D eigenvalue weighted by Gasteiger charge is -2.06. The van der Waals surface area contributed by atoms with Crippen LogP contribution in [-0.4, -0.2) is 11.0 Å². The van der Waals surface area contributed by atoms with Crippen LogP contribution in [0.2, 0.25) is 0 Å². The maximum atomic E-state index is 11.3. The summed E-state index contributed by atoms with van der Waals surface area (Å²) in [6.45, 7) is -0.292. The van der Waals surface area contributed by atoms with Crippen molar-refractivity contribution < 1.29 is 9.90 Å². The monoisotopic (exact) mass is 207 g/mol. The van der Waals surface area contributed by atoms with Crippen LogP contribution in [0.3, 0.4) is 0 Å². The van der Waals surface area contributed by atoms with Crippen LogP contribution in [0.1, 0.15) is 15.9 Å². The van der Waals surface area contributed by atoms with Gasteiger partial charge in [-0.05, 0) is 17.2 Å². The maximum absolute atomic E-state index is 11.3. The Labute approximate surface area is 85.1 Å². The average Bonchev–Trinajstić information content (AvgIpc) is 2.28. The highest BCUT2D eigenvalue weighted by molar-refractivity contribution is 5.96. The molecular formula is C8H9N5O2. The number of carbonyl (C=O) groups is 1. The second-order valence-corrected chi connectivity index (χ2v) is 2.66. The van der Waals surface area contributed by atoms with Gasteiger partial charge in [0, 0.05) is 16.2 Å². The Kier molecular flexibility index (Phi) is 3.64. The highest BCUT2D eigenvalue weighted by Gasteiger charge is 2.09. The predicted molar refractivity (Wildman–Crippen MR) is 52.8 cm³/mol. The SMILES string of the molecule is [N-]=[N+]=Nc1ccc(CO)c(C(=O)NN)c1. The molecule has 1 amide bonds. The van der Waals surface area contributed by atoms with Gasteiger partial charge in [0.05, 0.1) is 6.61 Å². The minimum absolute atomic E-state index is 0.185. The van der Waals surface area contributed by atoms with E-state index < -0.39 is 5.91 Å². The smallest absolute Gasteiger partial charge is 0.265 e. The minimum atomic E-state index is -0.547. The molecule has 0 bridgehead atoms. The number of hydrogen-bond donors (Lipinski definition) is 3. The van der Waals surface area contributed by atoms with Crippen molar-refractivity contribution in [2.45, 2.75) is 6.61 Å². The van der Waals surface area contributed by atoms with Gasteiger partial charge in [0.25, 0.3) is 5.91 Å². The van der Waals surface area contributed by atoms with Crippen LogP contribution in [0.4, 0.5) is 5.69 Å². The minimum Gasteiger partial charge on any atom is -0.392 e. The molecule has 15 heavy (non-hydrogen) atoms. The molecule has 0 heterocycles. The lowest BCUT2D eigenvalue weighted by molar-refractivity contribution is 0.0950. The Morgan fingerprint density at radius 2 is 2.40 bits per heavy atom. The van der Waals surface area contributed by atoms with Crippen molar-refractivity contribution in [1.82, 2.24) is 5.43 Å². The Bertz CT molecular complexity index is 425. The highest BCUT2D eigenvalue weighted by atomic mass is 16.3. The molecule has 4 N–H and O–H groups in total. The summed E-state index contributed by atoms with van der Waals surface area (Å²) in [6.07, 6.45) is 0. The molecule has 0 aliphatic heterocycles. The number of nitrogens with zero attached hydrogens (tertiary/aromatic N) is 3. The van der Waals surface area contributed by atoms with E-state index in [0.29, 0.717) is 5.56 Å². The molecule has 1 aromatic carbocycles. The van der Waals surface area contributed by atoms with Crippen LogP contribution in [0.15, 0.2) is 23.3 Å². The van der Waals surface area contributed by atoms with Gasteiger partial charge in [0.1, 0.15) is 0 Å². The van der Waals surface area contributed by atoms with Gasteiger partial charge in [-0.15, -0.1) is 0 Å². The van der Waals surface area contributed by atoms with Crippen molar-refractivity contribution in [2.24, 2.45) is 11.0 Å². The standard InChI is InChI=1S/C8H9N5O2/c9-11-8(15)7-3-6(12-13-10)2-1-5(7)4-14/h1-3,14H,4,9H2,(H,11,15). The van der Waals surface area contributed by atoms with Crippen LogP contribution in [0.5, 0.6) is 0 Å². The van der Waals surface area contributed by atoms with Gasteiger partial charge in [-0.1, -0.05) is 17.2 Å². The fourth-order valence-electron chi connectivity index (χ4n) is 1.11. The Hall–Kier alpha value is -2.08. The zero-order chi connectivity index (χ0) is 11.3. The summed E-state index contributed by atoms with van der Waals surface area (Å²) < 4.78 is 0. The first kappa shape index (κ1) is 11.0. The molecule has 1 aromatic rings. The van der Waals surface area contributed by atoms with Crippen molar-refractivity contribution in [3.05, 3.63) is 39.8 Å². The van der Waals surface area contributed by atoms with Crippen LogP contribution >= 0.6 is 0 Å². The molecule has 0 saturated carbocycles. The van der Waals surface area contributed by atoms with Crippen LogP contribution < -0.4 is 11.3 Å². The van der Waals surface area contributed by atoms with Gasteiger partial charge in [-0.25, -0.2) is 5.84 Å². The van der Waals surface area contributed by atoms with E-state index in [1.54, 1.807) is 0 Å². The fraction of sp³-hybridized carbons (Fsp3) is 0.125. The van der Waals surface area contributed by atoms with Crippen LogP contribution in [-0.2, 0) is 6.61 Å². The third-order valence-corrected chi connectivity index (χ3v) is 1.80. The quantitative estimate of drug-likeness (QED) is 0.169. The first-order valence-electron chi connectivity index (χ1n) is 4.02. The average molecular weight is 207 g/mol. The lowest BCUT2D eigenvalue weighted by Crippen LogP contribution is -2.30. The van der Waals surface area contributed by atoms with E-state index in [-0.39, 0.29) is 17.9 Å². The second kappa shape index (κ2) is 4.97. The molecular weight excluding hydrogens is 198 g/mol. The van der Waals surface area contributed by atoms with Gasteiger partial charge in [0.15, 0.2) is 0 Å². The van der Waals surface area contributed by atoms with Gasteiger partial charge < -0.3 is 5.11 Å². The van der Waals surface area contributed by atoms with E-state index in [1.807, 2.05) is 5.43 Å². The molecule has 0 unspecified atom stereocenters. The van der Waals surface area contributed by atoms with Gasteiger partial charge >= 0.3 is 0 Å². The topological polar surface area (TPSA) is 124 Å².